The van der Waals surface area contributed by atoms with Gasteiger partial charge in [0, 0.05) is 6.42 Å². The highest BCUT2D eigenvalue weighted by Gasteiger charge is 2.22. The second kappa shape index (κ2) is 5.41. The number of benzene rings is 1. The van der Waals surface area contributed by atoms with E-state index in [0.29, 0.717) is 17.9 Å². The molecule has 0 amide bonds. The van der Waals surface area contributed by atoms with Gasteiger partial charge < -0.3 is 10.1 Å². The van der Waals surface area contributed by atoms with E-state index in [1.54, 1.807) is 0 Å². The van der Waals surface area contributed by atoms with Gasteiger partial charge in [0.05, 0.1) is 12.2 Å². The second-order valence-electron chi connectivity index (χ2n) is 5.18. The number of anilines is 1. The average molecular weight is 280 g/mol. The molecule has 1 aliphatic heterocycles. The maximum Gasteiger partial charge on any atom is 0.167 e. The Kier molecular flexibility index (Phi) is 3.44. The van der Waals surface area contributed by atoms with Gasteiger partial charge in [0.15, 0.2) is 5.82 Å². The molecule has 0 saturated heterocycles. The Labute approximate surface area is 123 Å². The van der Waals surface area contributed by atoms with Crippen LogP contribution in [0.4, 0.5) is 5.82 Å². The second-order valence-corrected chi connectivity index (χ2v) is 5.18. The highest BCUT2D eigenvalue weighted by molar-refractivity contribution is 5.56. The summed E-state index contributed by atoms with van der Waals surface area (Å²) in [5, 5.41) is 20.6. The van der Waals surface area contributed by atoms with Gasteiger partial charge in [0.2, 0.25) is 0 Å². The molecule has 1 aromatic carbocycles. The number of hydrogen-bond acceptors (Lipinski definition) is 5. The zero-order chi connectivity index (χ0) is 14.8. The van der Waals surface area contributed by atoms with Crippen LogP contribution in [0.5, 0.6) is 5.75 Å². The van der Waals surface area contributed by atoms with E-state index in [0.717, 1.165) is 23.4 Å². The number of hydrogen-bond donors (Lipinski definition) is 1. The molecule has 106 valence electrons. The number of nitriles is 1. The van der Waals surface area contributed by atoms with Crippen molar-refractivity contribution in [2.75, 3.05) is 11.9 Å². The molecule has 0 saturated carbocycles. The third kappa shape index (κ3) is 2.52. The van der Waals surface area contributed by atoms with Gasteiger partial charge in [-0.2, -0.15) is 10.4 Å². The van der Waals surface area contributed by atoms with Crippen molar-refractivity contribution in [2.45, 2.75) is 26.4 Å². The van der Waals surface area contributed by atoms with Gasteiger partial charge in [0.1, 0.15) is 23.5 Å². The lowest BCUT2D eigenvalue weighted by molar-refractivity contribution is 0.246. The Morgan fingerprint density at radius 3 is 2.90 bits per heavy atom. The summed E-state index contributed by atoms with van der Waals surface area (Å²) in [6.45, 7) is 4.33. The molecular weight excluding hydrogens is 264 g/mol. The monoisotopic (exact) mass is 280 g/mol. The van der Waals surface area contributed by atoms with Crippen molar-refractivity contribution in [1.82, 2.24) is 10.2 Å². The lowest BCUT2D eigenvalue weighted by Crippen LogP contribution is -2.25. The van der Waals surface area contributed by atoms with Crippen molar-refractivity contribution in [3.63, 3.8) is 0 Å². The fraction of sp³-hybridized carbons (Fsp3) is 0.312. The first-order valence-corrected chi connectivity index (χ1v) is 6.91. The van der Waals surface area contributed by atoms with E-state index in [2.05, 4.69) is 27.6 Å². The van der Waals surface area contributed by atoms with Crippen molar-refractivity contribution in [1.29, 1.82) is 5.26 Å². The molecular formula is C16H16N4O. The third-order valence-corrected chi connectivity index (χ3v) is 3.78. The largest absolute Gasteiger partial charge is 0.488 e. The fourth-order valence-electron chi connectivity index (χ4n) is 2.45. The van der Waals surface area contributed by atoms with E-state index in [1.807, 2.05) is 32.0 Å². The molecule has 21 heavy (non-hydrogen) atoms. The van der Waals surface area contributed by atoms with Crippen molar-refractivity contribution in [3.05, 3.63) is 46.6 Å². The molecule has 0 aliphatic carbocycles. The van der Waals surface area contributed by atoms with Crippen LogP contribution < -0.4 is 10.1 Å². The van der Waals surface area contributed by atoms with Crippen LogP contribution in [0.1, 0.15) is 22.4 Å². The number of nitrogens with zero attached hydrogens (tertiary/aromatic N) is 3. The Bertz CT molecular complexity index is 696. The molecule has 1 N–H and O–H groups in total. The molecule has 1 aliphatic rings. The topological polar surface area (TPSA) is 70.8 Å². The van der Waals surface area contributed by atoms with Crippen LogP contribution >= 0.6 is 0 Å². The predicted octanol–water partition coefficient (Wildman–Crippen LogP) is 2.38. The van der Waals surface area contributed by atoms with E-state index >= 15 is 0 Å². The summed E-state index contributed by atoms with van der Waals surface area (Å²) >= 11 is 0. The van der Waals surface area contributed by atoms with Crippen LogP contribution in [0.2, 0.25) is 0 Å². The van der Waals surface area contributed by atoms with Crippen LogP contribution in [0.25, 0.3) is 0 Å². The Morgan fingerprint density at radius 2 is 2.14 bits per heavy atom. The third-order valence-electron chi connectivity index (χ3n) is 3.78. The van der Waals surface area contributed by atoms with Crippen molar-refractivity contribution in [2.24, 2.45) is 0 Å². The number of nitrogens with one attached hydrogen (secondary N) is 1. The number of rotatable bonds is 3. The molecule has 1 unspecified atom stereocenters. The highest BCUT2D eigenvalue weighted by Crippen LogP contribution is 2.28. The van der Waals surface area contributed by atoms with Crippen LogP contribution in [-0.2, 0) is 6.42 Å². The molecule has 2 heterocycles. The van der Waals surface area contributed by atoms with Gasteiger partial charge in [-0.3, -0.25) is 0 Å². The van der Waals surface area contributed by atoms with Gasteiger partial charge >= 0.3 is 0 Å². The van der Waals surface area contributed by atoms with E-state index in [4.69, 9.17) is 4.74 Å². The normalized spacial score (nSPS) is 16.0. The molecule has 2 aromatic rings. The number of ether oxygens (including phenoxy) is 1. The minimum atomic E-state index is 0.0531. The first kappa shape index (κ1) is 13.4. The maximum atomic E-state index is 9.27. The van der Waals surface area contributed by atoms with Gasteiger partial charge in [-0.1, -0.05) is 18.2 Å². The minimum Gasteiger partial charge on any atom is -0.488 e. The molecule has 1 aromatic heterocycles. The smallest absolute Gasteiger partial charge is 0.167 e. The van der Waals surface area contributed by atoms with Gasteiger partial charge in [0.25, 0.3) is 0 Å². The summed E-state index contributed by atoms with van der Waals surface area (Å²) in [6, 6.07) is 10.2. The highest BCUT2D eigenvalue weighted by atomic mass is 16.5. The van der Waals surface area contributed by atoms with Crippen LogP contribution in [0.15, 0.2) is 24.3 Å². The van der Waals surface area contributed by atoms with Crippen LogP contribution in [-0.4, -0.2) is 22.8 Å². The van der Waals surface area contributed by atoms with Crippen molar-refractivity contribution < 1.29 is 4.74 Å². The molecule has 5 heteroatoms. The van der Waals surface area contributed by atoms with Gasteiger partial charge in [-0.25, -0.2) is 0 Å². The molecule has 0 spiro atoms. The van der Waals surface area contributed by atoms with E-state index in [9.17, 15) is 5.26 Å². The summed E-state index contributed by atoms with van der Waals surface area (Å²) in [5.41, 5.74) is 3.42. The summed E-state index contributed by atoms with van der Waals surface area (Å²) in [5.74, 6) is 1.47. The fourth-order valence-corrected chi connectivity index (χ4v) is 2.45. The molecule has 0 bridgehead atoms. The molecule has 5 nitrogen and oxygen atoms in total. The maximum absolute atomic E-state index is 9.27. The number of para-hydroxylation sites is 1. The standard InChI is InChI=1S/C16H16N4O/c1-10-11(2)19-20-16(14(10)8-17)18-9-13-7-12-5-3-4-6-15(12)21-13/h3-6,13H,7,9H2,1-2H3,(H,18,20). The zero-order valence-corrected chi connectivity index (χ0v) is 12.1. The Balaban J connectivity index is 1.70. The number of aromatic nitrogens is 2. The first-order valence-electron chi connectivity index (χ1n) is 6.91. The van der Waals surface area contributed by atoms with Crippen molar-refractivity contribution in [3.8, 4) is 11.8 Å². The lowest BCUT2D eigenvalue weighted by atomic mass is 10.1. The van der Waals surface area contributed by atoms with E-state index in [1.165, 1.54) is 5.56 Å². The summed E-state index contributed by atoms with van der Waals surface area (Å²) in [4.78, 5) is 0. The first-order chi connectivity index (χ1) is 10.2. The van der Waals surface area contributed by atoms with Crippen molar-refractivity contribution >= 4 is 5.82 Å². The summed E-state index contributed by atoms with van der Waals surface area (Å²) in [6.07, 6.45) is 0.918. The summed E-state index contributed by atoms with van der Waals surface area (Å²) in [7, 11) is 0. The quantitative estimate of drug-likeness (QED) is 0.934. The molecule has 1 atom stereocenters. The molecule has 0 fully saturated rings. The lowest BCUT2D eigenvalue weighted by Gasteiger charge is -2.13. The molecule has 0 radical (unpaired) electrons. The van der Waals surface area contributed by atoms with Gasteiger partial charge in [-0.05, 0) is 31.0 Å². The van der Waals surface area contributed by atoms with E-state index < -0.39 is 0 Å². The van der Waals surface area contributed by atoms with Crippen LogP contribution in [0.3, 0.4) is 0 Å². The van der Waals surface area contributed by atoms with Gasteiger partial charge in [-0.15, -0.1) is 5.10 Å². The average Bonchev–Trinajstić information content (AvgIpc) is 2.91. The number of fused-ring (bicyclic) bond motifs is 1. The van der Waals surface area contributed by atoms with E-state index in [-0.39, 0.29) is 6.10 Å². The minimum absolute atomic E-state index is 0.0531. The van der Waals surface area contributed by atoms with Crippen LogP contribution in [0, 0.1) is 25.2 Å². The predicted molar refractivity (Wildman–Crippen MR) is 79.3 cm³/mol. The molecule has 3 rings (SSSR count). The zero-order valence-electron chi connectivity index (χ0n) is 12.1. The summed E-state index contributed by atoms with van der Waals surface area (Å²) < 4.78 is 5.86. The Morgan fingerprint density at radius 1 is 1.33 bits per heavy atom. The Hall–Kier alpha value is -2.61. The number of aryl methyl sites for hydroxylation is 1. The SMILES string of the molecule is Cc1nnc(NCC2Cc3ccccc3O2)c(C#N)c1C.